The van der Waals surface area contributed by atoms with Gasteiger partial charge in [0.2, 0.25) is 0 Å². The molecular formula is C15H26N2OS. The summed E-state index contributed by atoms with van der Waals surface area (Å²) in [4.78, 5) is 2.54. The van der Waals surface area contributed by atoms with E-state index in [1.165, 1.54) is 38.9 Å². The van der Waals surface area contributed by atoms with Crippen LogP contribution in [-0.2, 0) is 5.60 Å². The molecule has 1 aromatic rings. The quantitative estimate of drug-likeness (QED) is 0.841. The fourth-order valence-corrected chi connectivity index (χ4v) is 3.48. The van der Waals surface area contributed by atoms with Crippen molar-refractivity contribution < 1.29 is 5.11 Å². The SMILES string of the molecule is CCCN1CCC(NCC(C)(O)c2ccsc2)CC1. The van der Waals surface area contributed by atoms with Gasteiger partial charge in [0.1, 0.15) is 0 Å². The van der Waals surface area contributed by atoms with Crippen LogP contribution in [-0.4, -0.2) is 42.2 Å². The van der Waals surface area contributed by atoms with Crippen LogP contribution >= 0.6 is 11.3 Å². The van der Waals surface area contributed by atoms with Crippen molar-refractivity contribution in [1.29, 1.82) is 0 Å². The first-order valence-corrected chi connectivity index (χ1v) is 8.27. The van der Waals surface area contributed by atoms with Crippen molar-refractivity contribution in [3.63, 3.8) is 0 Å². The van der Waals surface area contributed by atoms with E-state index in [0.29, 0.717) is 12.6 Å². The average Bonchev–Trinajstić information content (AvgIpc) is 2.93. The molecule has 1 aliphatic rings. The van der Waals surface area contributed by atoms with Crippen LogP contribution in [0.25, 0.3) is 0 Å². The standard InChI is InChI=1S/C15H26N2OS/c1-3-7-17-8-4-14(5-9-17)16-12-15(2,18)13-6-10-19-11-13/h6,10-11,14,16,18H,3-5,7-9,12H2,1-2H3. The topological polar surface area (TPSA) is 35.5 Å². The van der Waals surface area contributed by atoms with Crippen molar-refractivity contribution in [1.82, 2.24) is 10.2 Å². The lowest BCUT2D eigenvalue weighted by molar-refractivity contribution is 0.0506. The fourth-order valence-electron chi connectivity index (χ4n) is 2.69. The summed E-state index contributed by atoms with van der Waals surface area (Å²) in [7, 11) is 0. The van der Waals surface area contributed by atoms with Crippen molar-refractivity contribution in [2.24, 2.45) is 0 Å². The number of nitrogens with one attached hydrogen (secondary N) is 1. The Bertz CT molecular complexity index is 356. The Morgan fingerprint density at radius 1 is 1.47 bits per heavy atom. The van der Waals surface area contributed by atoms with E-state index >= 15 is 0 Å². The van der Waals surface area contributed by atoms with Gasteiger partial charge in [-0.05, 0) is 68.2 Å². The Kier molecular flexibility index (Phi) is 5.39. The van der Waals surface area contributed by atoms with Gasteiger partial charge in [0.15, 0.2) is 0 Å². The zero-order valence-electron chi connectivity index (χ0n) is 12.1. The highest BCUT2D eigenvalue weighted by Crippen LogP contribution is 2.22. The van der Waals surface area contributed by atoms with Crippen molar-refractivity contribution in [3.8, 4) is 0 Å². The van der Waals surface area contributed by atoms with Crippen LogP contribution in [0.15, 0.2) is 16.8 Å². The van der Waals surface area contributed by atoms with E-state index in [2.05, 4.69) is 17.1 Å². The van der Waals surface area contributed by atoms with Crippen LogP contribution < -0.4 is 5.32 Å². The minimum atomic E-state index is -0.749. The fraction of sp³-hybridized carbons (Fsp3) is 0.733. The van der Waals surface area contributed by atoms with Gasteiger partial charge in [-0.2, -0.15) is 11.3 Å². The Morgan fingerprint density at radius 2 is 2.21 bits per heavy atom. The predicted octanol–water partition coefficient (Wildman–Crippen LogP) is 2.42. The second kappa shape index (κ2) is 6.84. The van der Waals surface area contributed by atoms with Crippen molar-refractivity contribution in [3.05, 3.63) is 22.4 Å². The van der Waals surface area contributed by atoms with E-state index in [1.807, 2.05) is 23.8 Å². The van der Waals surface area contributed by atoms with Crippen LogP contribution in [0.1, 0.15) is 38.7 Å². The van der Waals surface area contributed by atoms with Crippen LogP contribution in [0.3, 0.4) is 0 Å². The number of aliphatic hydroxyl groups is 1. The molecule has 0 saturated carbocycles. The van der Waals surface area contributed by atoms with E-state index in [0.717, 1.165) is 5.56 Å². The number of piperidine rings is 1. The summed E-state index contributed by atoms with van der Waals surface area (Å²) in [6.07, 6.45) is 3.63. The Balaban J connectivity index is 1.75. The largest absolute Gasteiger partial charge is 0.384 e. The lowest BCUT2D eigenvalue weighted by Gasteiger charge is -2.34. The van der Waals surface area contributed by atoms with Crippen LogP contribution in [0.5, 0.6) is 0 Å². The third kappa shape index (κ3) is 4.28. The first-order valence-electron chi connectivity index (χ1n) is 7.32. The maximum Gasteiger partial charge on any atom is 0.1000 e. The van der Waals surface area contributed by atoms with Gasteiger partial charge >= 0.3 is 0 Å². The molecule has 19 heavy (non-hydrogen) atoms. The summed E-state index contributed by atoms with van der Waals surface area (Å²) in [5.41, 5.74) is 0.272. The second-order valence-corrected chi connectivity index (χ2v) is 6.56. The summed E-state index contributed by atoms with van der Waals surface area (Å²) >= 11 is 1.64. The zero-order valence-corrected chi connectivity index (χ0v) is 12.9. The molecule has 2 rings (SSSR count). The Hall–Kier alpha value is -0.420. The van der Waals surface area contributed by atoms with Gasteiger partial charge in [-0.1, -0.05) is 6.92 Å². The van der Waals surface area contributed by atoms with E-state index in [9.17, 15) is 5.11 Å². The number of hydrogen-bond acceptors (Lipinski definition) is 4. The molecule has 1 unspecified atom stereocenters. The number of nitrogens with zero attached hydrogens (tertiary/aromatic N) is 1. The molecule has 108 valence electrons. The zero-order chi connectivity index (χ0) is 13.7. The molecule has 1 aromatic heterocycles. The molecule has 3 nitrogen and oxygen atoms in total. The van der Waals surface area contributed by atoms with Gasteiger partial charge in [-0.15, -0.1) is 0 Å². The van der Waals surface area contributed by atoms with Gasteiger partial charge in [0.25, 0.3) is 0 Å². The molecule has 0 radical (unpaired) electrons. The molecule has 0 bridgehead atoms. The second-order valence-electron chi connectivity index (χ2n) is 5.78. The van der Waals surface area contributed by atoms with Crippen molar-refractivity contribution in [2.45, 2.75) is 44.8 Å². The van der Waals surface area contributed by atoms with Gasteiger partial charge < -0.3 is 15.3 Å². The first kappa shape index (κ1) is 15.0. The van der Waals surface area contributed by atoms with E-state index in [4.69, 9.17) is 0 Å². The maximum absolute atomic E-state index is 10.5. The number of thiophene rings is 1. The highest BCUT2D eigenvalue weighted by molar-refractivity contribution is 7.08. The Morgan fingerprint density at radius 3 is 2.79 bits per heavy atom. The van der Waals surface area contributed by atoms with E-state index in [1.54, 1.807) is 11.3 Å². The van der Waals surface area contributed by atoms with E-state index in [-0.39, 0.29) is 0 Å². The molecule has 0 aromatic carbocycles. The van der Waals surface area contributed by atoms with Crippen LogP contribution in [0.2, 0.25) is 0 Å². The van der Waals surface area contributed by atoms with Gasteiger partial charge in [0.05, 0.1) is 5.60 Å². The first-order chi connectivity index (χ1) is 9.12. The van der Waals surface area contributed by atoms with Crippen LogP contribution in [0.4, 0.5) is 0 Å². The molecule has 0 spiro atoms. The summed E-state index contributed by atoms with van der Waals surface area (Å²) in [5.74, 6) is 0. The van der Waals surface area contributed by atoms with Crippen molar-refractivity contribution >= 4 is 11.3 Å². The smallest absolute Gasteiger partial charge is 0.1000 e. The molecule has 4 heteroatoms. The van der Waals surface area contributed by atoms with Gasteiger partial charge in [0, 0.05) is 12.6 Å². The van der Waals surface area contributed by atoms with E-state index < -0.39 is 5.60 Å². The molecule has 0 aliphatic carbocycles. The minimum absolute atomic E-state index is 0.554. The molecule has 1 fully saturated rings. The molecule has 1 aliphatic heterocycles. The summed E-state index contributed by atoms with van der Waals surface area (Å²) in [5, 5.41) is 18.1. The summed E-state index contributed by atoms with van der Waals surface area (Å²) in [6.45, 7) is 8.37. The summed E-state index contributed by atoms with van der Waals surface area (Å²) in [6, 6.07) is 2.56. The van der Waals surface area contributed by atoms with Crippen LogP contribution in [0, 0.1) is 0 Å². The van der Waals surface area contributed by atoms with Crippen molar-refractivity contribution in [2.75, 3.05) is 26.2 Å². The molecule has 1 atom stereocenters. The molecule has 2 N–H and O–H groups in total. The molecule has 1 saturated heterocycles. The monoisotopic (exact) mass is 282 g/mol. The number of rotatable bonds is 6. The molecule has 2 heterocycles. The average molecular weight is 282 g/mol. The minimum Gasteiger partial charge on any atom is -0.384 e. The normalized spacial score (nSPS) is 21.4. The maximum atomic E-state index is 10.5. The lowest BCUT2D eigenvalue weighted by Crippen LogP contribution is -2.46. The Labute approximate surface area is 120 Å². The number of hydrogen-bond donors (Lipinski definition) is 2. The molecule has 0 amide bonds. The highest BCUT2D eigenvalue weighted by atomic mass is 32.1. The lowest BCUT2D eigenvalue weighted by atomic mass is 9.97. The third-order valence-electron chi connectivity index (χ3n) is 4.01. The highest BCUT2D eigenvalue weighted by Gasteiger charge is 2.26. The molecular weight excluding hydrogens is 256 g/mol. The van der Waals surface area contributed by atoms with Gasteiger partial charge in [-0.3, -0.25) is 0 Å². The third-order valence-corrected chi connectivity index (χ3v) is 4.69. The number of likely N-dealkylation sites (tertiary alicyclic amines) is 1. The summed E-state index contributed by atoms with van der Waals surface area (Å²) < 4.78 is 0. The predicted molar refractivity (Wildman–Crippen MR) is 81.6 cm³/mol. The van der Waals surface area contributed by atoms with Gasteiger partial charge in [-0.25, -0.2) is 0 Å².